The molecule has 1 nitrogen and oxygen atoms in total. The molecule has 0 saturated carbocycles. The van der Waals surface area contributed by atoms with E-state index in [1.807, 2.05) is 12.1 Å². The molecule has 0 N–H and O–H groups in total. The van der Waals surface area contributed by atoms with E-state index in [9.17, 15) is 4.79 Å². The van der Waals surface area contributed by atoms with E-state index in [0.29, 0.717) is 0 Å². The number of carbonyl (C=O) groups excluding carboxylic acids is 1. The van der Waals surface area contributed by atoms with Crippen molar-refractivity contribution in [2.24, 2.45) is 0 Å². The zero-order valence-corrected chi connectivity index (χ0v) is 15.2. The number of hydrogen-bond donors (Lipinski definition) is 0. The highest BCUT2D eigenvalue weighted by atomic mass is 31.1. The Kier molecular flexibility index (Phi) is 4.92. The molecule has 0 aliphatic rings. The molecule has 0 aliphatic heterocycles. The quantitative estimate of drug-likeness (QED) is 0.515. The van der Waals surface area contributed by atoms with Gasteiger partial charge in [0.05, 0.1) is 0 Å². The maximum absolute atomic E-state index is 11.5. The van der Waals surface area contributed by atoms with Gasteiger partial charge in [0.1, 0.15) is 0 Å². The SMILES string of the molecule is CC(=O)c1ccc(P(c2ccc(C)cc2)c2ccc(C)cc2)cc1. The van der Waals surface area contributed by atoms with Crippen LogP contribution in [0.1, 0.15) is 28.4 Å². The fourth-order valence-electron chi connectivity index (χ4n) is 2.68. The number of ketones is 1. The van der Waals surface area contributed by atoms with Gasteiger partial charge in [-0.2, -0.15) is 0 Å². The highest BCUT2D eigenvalue weighted by Gasteiger charge is 2.16. The van der Waals surface area contributed by atoms with Crippen LogP contribution < -0.4 is 15.9 Å². The summed E-state index contributed by atoms with van der Waals surface area (Å²) in [6.07, 6.45) is 0. The summed E-state index contributed by atoms with van der Waals surface area (Å²) in [5, 5.41) is 3.92. The molecule has 0 spiro atoms. The third-order valence-electron chi connectivity index (χ3n) is 4.12. The molecule has 3 aromatic carbocycles. The highest BCUT2D eigenvalue weighted by molar-refractivity contribution is 7.79. The number of benzene rings is 3. The standard InChI is InChI=1S/C22H21OP/c1-16-4-10-20(11-5-16)24(21-12-6-17(2)7-13-21)22-14-8-19(9-15-22)18(3)23/h4-15H,1-3H3. The lowest BCUT2D eigenvalue weighted by atomic mass is 10.2. The molecule has 0 radical (unpaired) electrons. The van der Waals surface area contributed by atoms with Crippen LogP contribution in [-0.4, -0.2) is 5.78 Å². The summed E-state index contributed by atoms with van der Waals surface area (Å²) < 4.78 is 0. The Bertz CT molecular complexity index is 785. The molecule has 0 unspecified atom stereocenters. The zero-order chi connectivity index (χ0) is 17.1. The fraction of sp³-hybridized carbons (Fsp3) is 0.136. The Labute approximate surface area is 145 Å². The molecular formula is C22H21OP. The largest absolute Gasteiger partial charge is 0.295 e. The van der Waals surface area contributed by atoms with Crippen molar-refractivity contribution in [2.75, 3.05) is 0 Å². The zero-order valence-electron chi connectivity index (χ0n) is 14.3. The molecule has 0 fully saturated rings. The summed E-state index contributed by atoms with van der Waals surface area (Å²) >= 11 is 0. The lowest BCUT2D eigenvalue weighted by molar-refractivity contribution is 0.101. The topological polar surface area (TPSA) is 17.1 Å². The summed E-state index contributed by atoms with van der Waals surface area (Å²) in [6.45, 7) is 5.83. The first-order valence-electron chi connectivity index (χ1n) is 8.09. The molecule has 2 heteroatoms. The first-order chi connectivity index (χ1) is 11.5. The summed E-state index contributed by atoms with van der Waals surface area (Å²) in [6, 6.07) is 25.6. The maximum atomic E-state index is 11.5. The van der Waals surface area contributed by atoms with Crippen molar-refractivity contribution in [1.29, 1.82) is 0 Å². The second-order valence-corrected chi connectivity index (χ2v) is 8.33. The molecule has 3 rings (SSSR count). The Balaban J connectivity index is 2.08. The lowest BCUT2D eigenvalue weighted by Gasteiger charge is -2.20. The van der Waals surface area contributed by atoms with Crippen molar-refractivity contribution in [3.8, 4) is 0 Å². The van der Waals surface area contributed by atoms with E-state index in [0.717, 1.165) is 5.56 Å². The minimum absolute atomic E-state index is 0.108. The minimum atomic E-state index is -0.614. The van der Waals surface area contributed by atoms with Crippen LogP contribution in [-0.2, 0) is 0 Å². The molecule has 0 aromatic heterocycles. The van der Waals surface area contributed by atoms with Crippen molar-refractivity contribution >= 4 is 29.6 Å². The predicted octanol–water partition coefficient (Wildman–Crippen LogP) is 4.26. The first-order valence-corrected chi connectivity index (χ1v) is 9.43. The molecule has 0 atom stereocenters. The molecule has 0 heterocycles. The number of Topliss-reactive ketones (excluding diaryl/α,β-unsaturated/α-hetero) is 1. The third-order valence-corrected chi connectivity index (χ3v) is 6.56. The first kappa shape index (κ1) is 16.6. The van der Waals surface area contributed by atoms with Crippen LogP contribution in [0, 0.1) is 13.8 Å². The molecule has 120 valence electrons. The van der Waals surface area contributed by atoms with Crippen LogP contribution in [0.3, 0.4) is 0 Å². The third kappa shape index (κ3) is 3.63. The molecule has 0 aliphatic carbocycles. The number of aryl methyl sites for hydroxylation is 2. The van der Waals surface area contributed by atoms with Crippen LogP contribution in [0.5, 0.6) is 0 Å². The smallest absolute Gasteiger partial charge is 0.159 e. The van der Waals surface area contributed by atoms with E-state index in [2.05, 4.69) is 74.5 Å². The van der Waals surface area contributed by atoms with E-state index in [4.69, 9.17) is 0 Å². The van der Waals surface area contributed by atoms with Crippen molar-refractivity contribution < 1.29 is 4.79 Å². The van der Waals surface area contributed by atoms with Crippen molar-refractivity contribution in [1.82, 2.24) is 0 Å². The number of carbonyl (C=O) groups is 1. The van der Waals surface area contributed by atoms with Gasteiger partial charge in [-0.15, -0.1) is 0 Å². The Morgan fingerprint density at radius 2 is 0.958 bits per heavy atom. The molecule has 24 heavy (non-hydrogen) atoms. The van der Waals surface area contributed by atoms with Gasteiger partial charge in [0.15, 0.2) is 5.78 Å². The minimum Gasteiger partial charge on any atom is -0.295 e. The Morgan fingerprint density at radius 3 is 1.29 bits per heavy atom. The van der Waals surface area contributed by atoms with E-state index >= 15 is 0 Å². The Hall–Kier alpha value is -2.24. The second kappa shape index (κ2) is 7.11. The monoisotopic (exact) mass is 332 g/mol. The summed E-state index contributed by atoms with van der Waals surface area (Å²) in [7, 11) is -0.614. The fourth-order valence-corrected chi connectivity index (χ4v) is 4.92. The van der Waals surface area contributed by atoms with Crippen LogP contribution in [0.15, 0.2) is 72.8 Å². The summed E-state index contributed by atoms with van der Waals surface area (Å²) in [4.78, 5) is 11.5. The molecule has 0 bridgehead atoms. The van der Waals surface area contributed by atoms with Crippen molar-refractivity contribution in [3.05, 3.63) is 89.5 Å². The highest BCUT2D eigenvalue weighted by Crippen LogP contribution is 2.33. The van der Waals surface area contributed by atoms with Gasteiger partial charge >= 0.3 is 0 Å². The maximum Gasteiger partial charge on any atom is 0.159 e. The molecule has 0 saturated heterocycles. The van der Waals surface area contributed by atoms with Gasteiger partial charge in [0, 0.05) is 5.56 Å². The molecular weight excluding hydrogens is 311 g/mol. The summed E-state index contributed by atoms with van der Waals surface area (Å²) in [5.41, 5.74) is 3.30. The lowest BCUT2D eigenvalue weighted by Crippen LogP contribution is -2.20. The van der Waals surface area contributed by atoms with Gasteiger partial charge in [-0.05, 0) is 44.6 Å². The van der Waals surface area contributed by atoms with Gasteiger partial charge in [0.2, 0.25) is 0 Å². The van der Waals surface area contributed by atoms with E-state index in [1.54, 1.807) is 6.92 Å². The van der Waals surface area contributed by atoms with Gasteiger partial charge in [-0.1, -0.05) is 83.9 Å². The average Bonchev–Trinajstić information content (AvgIpc) is 2.59. The van der Waals surface area contributed by atoms with Crippen LogP contribution in [0.2, 0.25) is 0 Å². The van der Waals surface area contributed by atoms with Gasteiger partial charge in [0.25, 0.3) is 0 Å². The van der Waals surface area contributed by atoms with E-state index in [1.165, 1.54) is 27.0 Å². The van der Waals surface area contributed by atoms with Gasteiger partial charge in [-0.25, -0.2) is 0 Å². The second-order valence-electron chi connectivity index (χ2n) is 6.11. The van der Waals surface area contributed by atoms with Crippen LogP contribution in [0.4, 0.5) is 0 Å². The molecule has 3 aromatic rings. The Morgan fingerprint density at radius 1 is 0.625 bits per heavy atom. The van der Waals surface area contributed by atoms with Gasteiger partial charge in [-0.3, -0.25) is 4.79 Å². The molecule has 0 amide bonds. The number of hydrogen-bond acceptors (Lipinski definition) is 1. The number of rotatable bonds is 4. The van der Waals surface area contributed by atoms with Crippen LogP contribution in [0.25, 0.3) is 0 Å². The van der Waals surface area contributed by atoms with E-state index in [-0.39, 0.29) is 5.78 Å². The average molecular weight is 332 g/mol. The van der Waals surface area contributed by atoms with Crippen molar-refractivity contribution in [2.45, 2.75) is 20.8 Å². The van der Waals surface area contributed by atoms with Crippen molar-refractivity contribution in [3.63, 3.8) is 0 Å². The van der Waals surface area contributed by atoms with Gasteiger partial charge < -0.3 is 0 Å². The van der Waals surface area contributed by atoms with Crippen LogP contribution >= 0.6 is 7.92 Å². The van der Waals surface area contributed by atoms with E-state index < -0.39 is 7.92 Å². The normalized spacial score (nSPS) is 10.8. The summed E-state index contributed by atoms with van der Waals surface area (Å²) in [5.74, 6) is 0.108. The predicted molar refractivity (Wildman–Crippen MR) is 105 cm³/mol.